The van der Waals surface area contributed by atoms with Gasteiger partial charge in [0.25, 0.3) is 5.69 Å². The third-order valence-electron chi connectivity index (χ3n) is 5.10. The molecule has 0 amide bonds. The van der Waals surface area contributed by atoms with E-state index in [9.17, 15) is 19.7 Å². The zero-order valence-electron chi connectivity index (χ0n) is 16.0. The van der Waals surface area contributed by atoms with Gasteiger partial charge in [-0.3, -0.25) is 15.0 Å². The van der Waals surface area contributed by atoms with Gasteiger partial charge in [-0.15, -0.1) is 4.73 Å². The molecule has 0 saturated heterocycles. The standard InChI is InChI=1S/C20H19N3O6/c1-12(2)21-9-7-13(8-10-21)19-15-11-14(23(26)27)3-4-16(15)22-20(19)28-17(24)5-6-18(25)29-22/h3-7,11-12H,8-10H2,1-2H3/b6-5-. The highest BCUT2D eigenvalue weighted by molar-refractivity contribution is 6.01. The summed E-state index contributed by atoms with van der Waals surface area (Å²) in [6.45, 7) is 5.71. The molecule has 0 unspecified atom stereocenters. The van der Waals surface area contributed by atoms with Crippen molar-refractivity contribution in [2.75, 3.05) is 13.1 Å². The monoisotopic (exact) mass is 397 g/mol. The molecule has 2 aromatic rings. The number of nitrogens with zero attached hydrogens (tertiary/aromatic N) is 3. The van der Waals surface area contributed by atoms with Crippen molar-refractivity contribution in [2.24, 2.45) is 0 Å². The van der Waals surface area contributed by atoms with Crippen molar-refractivity contribution in [3.8, 4) is 5.88 Å². The molecule has 2 aliphatic rings. The SMILES string of the molecule is CC(C)N1CC=C(c2c3n(c4ccc([N+](=O)[O-])cc24)OC(=O)/C=C\C(=O)O3)CC1. The first-order valence-electron chi connectivity index (χ1n) is 9.23. The van der Waals surface area contributed by atoms with Crippen LogP contribution in [0.3, 0.4) is 0 Å². The Morgan fingerprint density at radius 3 is 2.59 bits per heavy atom. The Labute approximate surface area is 165 Å². The van der Waals surface area contributed by atoms with E-state index in [2.05, 4.69) is 18.7 Å². The number of benzene rings is 1. The lowest BCUT2D eigenvalue weighted by Gasteiger charge is -2.29. The van der Waals surface area contributed by atoms with Crippen molar-refractivity contribution < 1.29 is 24.1 Å². The Morgan fingerprint density at radius 1 is 1.17 bits per heavy atom. The first kappa shape index (κ1) is 18.9. The number of ether oxygens (including phenoxy) is 1. The van der Waals surface area contributed by atoms with E-state index in [-0.39, 0.29) is 11.6 Å². The minimum Gasteiger partial charge on any atom is -0.402 e. The molecule has 1 aromatic carbocycles. The average molecular weight is 397 g/mol. The second-order valence-corrected chi connectivity index (χ2v) is 7.17. The fraction of sp³-hybridized carbons (Fsp3) is 0.300. The van der Waals surface area contributed by atoms with Gasteiger partial charge in [0.2, 0.25) is 5.88 Å². The number of hydrogen-bond acceptors (Lipinski definition) is 7. The third-order valence-corrected chi connectivity index (χ3v) is 5.10. The van der Waals surface area contributed by atoms with Crippen LogP contribution in [0, 0.1) is 10.1 Å². The number of nitro benzene ring substituents is 1. The van der Waals surface area contributed by atoms with Crippen LogP contribution < -0.4 is 9.57 Å². The molecule has 150 valence electrons. The van der Waals surface area contributed by atoms with Crippen LogP contribution in [-0.2, 0) is 9.59 Å². The summed E-state index contributed by atoms with van der Waals surface area (Å²) in [5, 5.41) is 11.8. The van der Waals surface area contributed by atoms with Crippen LogP contribution in [0.1, 0.15) is 25.8 Å². The molecule has 0 aliphatic carbocycles. The first-order valence-corrected chi connectivity index (χ1v) is 9.23. The highest BCUT2D eigenvalue weighted by Crippen LogP contribution is 2.41. The number of hydrogen-bond donors (Lipinski definition) is 0. The van der Waals surface area contributed by atoms with Gasteiger partial charge in [0.05, 0.1) is 16.0 Å². The molecule has 9 nitrogen and oxygen atoms in total. The Kier molecular flexibility index (Phi) is 4.67. The van der Waals surface area contributed by atoms with Gasteiger partial charge in [0.1, 0.15) is 0 Å². The molecule has 0 fully saturated rings. The van der Waals surface area contributed by atoms with Crippen LogP contribution in [-0.4, -0.2) is 45.6 Å². The molecule has 3 heterocycles. The summed E-state index contributed by atoms with van der Waals surface area (Å²) in [5.74, 6) is -1.41. The fourth-order valence-corrected chi connectivity index (χ4v) is 3.60. The highest BCUT2D eigenvalue weighted by atomic mass is 16.7. The zero-order valence-corrected chi connectivity index (χ0v) is 16.0. The number of non-ortho nitro benzene ring substituents is 1. The molecule has 0 N–H and O–H groups in total. The topological polar surface area (TPSA) is 104 Å². The lowest BCUT2D eigenvalue weighted by Crippen LogP contribution is -2.34. The predicted octanol–water partition coefficient (Wildman–Crippen LogP) is 2.48. The number of nitro groups is 1. The van der Waals surface area contributed by atoms with E-state index in [4.69, 9.17) is 9.57 Å². The van der Waals surface area contributed by atoms with Gasteiger partial charge >= 0.3 is 11.9 Å². The summed E-state index contributed by atoms with van der Waals surface area (Å²) in [6.07, 6.45) is 4.64. The largest absolute Gasteiger partial charge is 0.402 e. The van der Waals surface area contributed by atoms with E-state index >= 15 is 0 Å². The molecule has 0 atom stereocenters. The zero-order chi connectivity index (χ0) is 20.7. The van der Waals surface area contributed by atoms with Crippen molar-refractivity contribution >= 4 is 34.1 Å². The van der Waals surface area contributed by atoms with Crippen molar-refractivity contribution in [2.45, 2.75) is 26.3 Å². The first-order chi connectivity index (χ1) is 13.8. The van der Waals surface area contributed by atoms with Crippen LogP contribution in [0.2, 0.25) is 0 Å². The quantitative estimate of drug-likeness (QED) is 0.445. The Balaban J connectivity index is 1.94. The molecular formula is C20H19N3O6. The van der Waals surface area contributed by atoms with Crippen molar-refractivity contribution in [3.05, 3.63) is 52.1 Å². The Bertz CT molecular complexity index is 1100. The van der Waals surface area contributed by atoms with Crippen LogP contribution in [0.25, 0.3) is 16.5 Å². The molecule has 4 rings (SSSR count). The van der Waals surface area contributed by atoms with E-state index in [1.165, 1.54) is 18.2 Å². The number of fused-ring (bicyclic) bond motifs is 3. The van der Waals surface area contributed by atoms with Gasteiger partial charge in [-0.05, 0) is 31.9 Å². The molecule has 29 heavy (non-hydrogen) atoms. The molecule has 0 radical (unpaired) electrons. The maximum Gasteiger partial charge on any atom is 0.356 e. The summed E-state index contributed by atoms with van der Waals surface area (Å²) in [4.78, 5) is 42.5. The van der Waals surface area contributed by atoms with Crippen molar-refractivity contribution in [3.63, 3.8) is 0 Å². The van der Waals surface area contributed by atoms with E-state index in [1.807, 2.05) is 6.08 Å². The Morgan fingerprint density at radius 2 is 1.93 bits per heavy atom. The average Bonchev–Trinajstić information content (AvgIpc) is 2.97. The Hall–Kier alpha value is -3.46. The summed E-state index contributed by atoms with van der Waals surface area (Å²) in [5.41, 5.74) is 1.72. The summed E-state index contributed by atoms with van der Waals surface area (Å²) >= 11 is 0. The predicted molar refractivity (Wildman–Crippen MR) is 104 cm³/mol. The number of carbonyl (C=O) groups is 2. The molecule has 1 aromatic heterocycles. The second kappa shape index (κ2) is 7.17. The van der Waals surface area contributed by atoms with E-state index < -0.39 is 16.9 Å². The van der Waals surface area contributed by atoms with Crippen LogP contribution in [0.5, 0.6) is 5.88 Å². The number of aromatic nitrogens is 1. The lowest BCUT2D eigenvalue weighted by atomic mass is 9.97. The number of carbonyl (C=O) groups excluding carboxylic acids is 2. The summed E-state index contributed by atoms with van der Waals surface area (Å²) in [7, 11) is 0. The normalized spacial score (nSPS) is 18.5. The van der Waals surface area contributed by atoms with Gasteiger partial charge in [0, 0.05) is 48.8 Å². The summed E-state index contributed by atoms with van der Waals surface area (Å²) in [6, 6.07) is 4.59. The van der Waals surface area contributed by atoms with Gasteiger partial charge in [-0.25, -0.2) is 9.59 Å². The van der Waals surface area contributed by atoms with Gasteiger partial charge in [-0.1, -0.05) is 6.08 Å². The molecule has 0 bridgehead atoms. The number of esters is 1. The molecule has 0 saturated carbocycles. The van der Waals surface area contributed by atoms with Crippen LogP contribution in [0.4, 0.5) is 5.69 Å². The second-order valence-electron chi connectivity index (χ2n) is 7.17. The minimum atomic E-state index is -0.742. The van der Waals surface area contributed by atoms with Crippen molar-refractivity contribution in [1.29, 1.82) is 0 Å². The van der Waals surface area contributed by atoms with Gasteiger partial charge in [-0.2, -0.15) is 0 Å². The highest BCUT2D eigenvalue weighted by Gasteiger charge is 2.29. The van der Waals surface area contributed by atoms with E-state index in [0.717, 1.165) is 29.0 Å². The van der Waals surface area contributed by atoms with Crippen LogP contribution in [0.15, 0.2) is 36.4 Å². The van der Waals surface area contributed by atoms with E-state index in [0.29, 0.717) is 35.5 Å². The smallest absolute Gasteiger partial charge is 0.356 e. The maximum atomic E-state index is 12.1. The van der Waals surface area contributed by atoms with Gasteiger partial charge < -0.3 is 9.57 Å². The molecule has 2 aliphatic heterocycles. The van der Waals surface area contributed by atoms with Crippen molar-refractivity contribution in [1.82, 2.24) is 9.63 Å². The molecule has 9 heteroatoms. The van der Waals surface area contributed by atoms with Crippen LogP contribution >= 0.6 is 0 Å². The maximum absolute atomic E-state index is 12.1. The van der Waals surface area contributed by atoms with E-state index in [1.54, 1.807) is 0 Å². The minimum absolute atomic E-state index is 0.0486. The fourth-order valence-electron chi connectivity index (χ4n) is 3.60. The lowest BCUT2D eigenvalue weighted by molar-refractivity contribution is -0.384. The molecular weight excluding hydrogens is 378 g/mol. The molecule has 0 spiro atoms. The number of rotatable bonds is 3. The third kappa shape index (κ3) is 3.40. The van der Waals surface area contributed by atoms with Gasteiger partial charge in [0.15, 0.2) is 0 Å². The summed E-state index contributed by atoms with van der Waals surface area (Å²) < 4.78 is 6.60.